The number of rotatable bonds is 6. The molecule has 0 aliphatic heterocycles. The van der Waals surface area contributed by atoms with E-state index >= 15 is 0 Å². The van der Waals surface area contributed by atoms with E-state index in [0.717, 1.165) is 31.4 Å². The van der Waals surface area contributed by atoms with Crippen LogP contribution < -0.4 is 15.8 Å². The number of nitrogens with one attached hydrogen (secondary N) is 1. The summed E-state index contributed by atoms with van der Waals surface area (Å²) in [7, 11) is 1.70. The van der Waals surface area contributed by atoms with Gasteiger partial charge in [0.25, 0.3) is 0 Å². The highest BCUT2D eigenvalue weighted by Crippen LogP contribution is 2.31. The summed E-state index contributed by atoms with van der Waals surface area (Å²) >= 11 is 0. The van der Waals surface area contributed by atoms with Gasteiger partial charge in [-0.15, -0.1) is 0 Å². The van der Waals surface area contributed by atoms with Crippen molar-refractivity contribution in [1.82, 2.24) is 5.32 Å². The van der Waals surface area contributed by atoms with Crippen molar-refractivity contribution in [2.75, 3.05) is 20.3 Å². The van der Waals surface area contributed by atoms with Gasteiger partial charge in [-0.2, -0.15) is 0 Å². The minimum atomic E-state index is -0.0616. The van der Waals surface area contributed by atoms with Gasteiger partial charge in [0.15, 0.2) is 0 Å². The van der Waals surface area contributed by atoms with Crippen LogP contribution >= 0.6 is 0 Å². The Morgan fingerprint density at radius 1 is 1.45 bits per heavy atom. The Bertz CT molecular complexity index is 450. The highest BCUT2D eigenvalue weighted by Gasteiger charge is 2.34. The second kappa shape index (κ2) is 6.57. The molecule has 0 bridgehead atoms. The van der Waals surface area contributed by atoms with E-state index < -0.39 is 0 Å². The lowest BCUT2D eigenvalue weighted by Gasteiger charge is -2.40. The highest BCUT2D eigenvalue weighted by molar-refractivity contribution is 5.39. The molecule has 0 spiro atoms. The minimum Gasteiger partial charge on any atom is -0.497 e. The molecule has 2 atom stereocenters. The van der Waals surface area contributed by atoms with Gasteiger partial charge in [0.1, 0.15) is 5.75 Å². The van der Waals surface area contributed by atoms with Crippen LogP contribution in [0.5, 0.6) is 5.75 Å². The lowest BCUT2D eigenvalue weighted by Crippen LogP contribution is -2.57. The molecule has 0 amide bonds. The molecule has 20 heavy (non-hydrogen) atoms. The normalized spacial score (nSPS) is 23.2. The van der Waals surface area contributed by atoms with Crippen molar-refractivity contribution in [1.29, 1.82) is 0 Å². The maximum absolute atomic E-state index is 9.06. The number of aliphatic hydroxyl groups is 1. The maximum atomic E-state index is 9.06. The number of aryl methyl sites for hydroxylation is 1. The number of ether oxygens (including phenoxy) is 1. The molecule has 0 aromatic heterocycles. The Kier molecular flexibility index (Phi) is 5.02. The molecule has 0 fully saturated rings. The zero-order valence-corrected chi connectivity index (χ0v) is 12.5. The summed E-state index contributed by atoms with van der Waals surface area (Å²) in [6.45, 7) is 2.92. The molecule has 1 aliphatic rings. The van der Waals surface area contributed by atoms with Gasteiger partial charge in [-0.05, 0) is 55.9 Å². The number of aliphatic hydroxyl groups excluding tert-OH is 1. The third kappa shape index (κ3) is 3.32. The molecule has 4 N–H and O–H groups in total. The first kappa shape index (κ1) is 15.3. The molecule has 0 radical (unpaired) electrons. The van der Waals surface area contributed by atoms with Crippen molar-refractivity contribution in [3.05, 3.63) is 29.3 Å². The van der Waals surface area contributed by atoms with Crippen molar-refractivity contribution in [2.24, 2.45) is 5.73 Å². The summed E-state index contributed by atoms with van der Waals surface area (Å²) in [6.07, 6.45) is 3.76. The fourth-order valence-corrected chi connectivity index (χ4v) is 3.11. The van der Waals surface area contributed by atoms with Crippen molar-refractivity contribution in [2.45, 2.75) is 44.2 Å². The zero-order chi connectivity index (χ0) is 14.6. The van der Waals surface area contributed by atoms with E-state index in [1.807, 2.05) is 6.07 Å². The third-order valence-corrected chi connectivity index (χ3v) is 4.32. The fraction of sp³-hybridized carbons (Fsp3) is 0.625. The SMILES string of the molecule is COc1ccc2c(c1)CC(CN)(NC(C)CCO)CC2. The first-order valence-electron chi connectivity index (χ1n) is 7.37. The fourth-order valence-electron chi connectivity index (χ4n) is 3.11. The standard InChI is InChI=1S/C16H26N2O2/c1-12(6-8-19)18-16(11-17)7-5-13-3-4-15(20-2)9-14(13)10-16/h3-4,9,12,18-19H,5-8,10-11,17H2,1-2H3. The van der Waals surface area contributed by atoms with Crippen LogP contribution in [0.4, 0.5) is 0 Å². The van der Waals surface area contributed by atoms with E-state index in [1.54, 1.807) is 7.11 Å². The van der Waals surface area contributed by atoms with E-state index in [9.17, 15) is 0 Å². The lowest BCUT2D eigenvalue weighted by atomic mass is 9.77. The van der Waals surface area contributed by atoms with Crippen LogP contribution in [0.25, 0.3) is 0 Å². The van der Waals surface area contributed by atoms with Crippen LogP contribution in [0, 0.1) is 0 Å². The average molecular weight is 278 g/mol. The van der Waals surface area contributed by atoms with Crippen LogP contribution in [0.1, 0.15) is 30.9 Å². The molecule has 1 aromatic rings. The minimum absolute atomic E-state index is 0.0616. The quantitative estimate of drug-likeness (QED) is 0.732. The number of hydrogen-bond donors (Lipinski definition) is 3. The molecule has 0 saturated heterocycles. The molecule has 112 valence electrons. The van der Waals surface area contributed by atoms with Crippen LogP contribution in [0.3, 0.4) is 0 Å². The first-order valence-corrected chi connectivity index (χ1v) is 7.37. The third-order valence-electron chi connectivity index (χ3n) is 4.32. The van der Waals surface area contributed by atoms with E-state index in [1.165, 1.54) is 11.1 Å². The summed E-state index contributed by atoms with van der Waals surface area (Å²) in [5.41, 5.74) is 8.71. The molecular formula is C16H26N2O2. The van der Waals surface area contributed by atoms with E-state index in [-0.39, 0.29) is 18.2 Å². The Labute approximate surface area is 121 Å². The Balaban J connectivity index is 2.17. The van der Waals surface area contributed by atoms with Crippen LogP contribution in [-0.2, 0) is 12.8 Å². The molecular weight excluding hydrogens is 252 g/mol. The highest BCUT2D eigenvalue weighted by atomic mass is 16.5. The molecule has 0 heterocycles. The van der Waals surface area contributed by atoms with Crippen molar-refractivity contribution < 1.29 is 9.84 Å². The summed E-state index contributed by atoms with van der Waals surface area (Å²) in [5.74, 6) is 0.903. The number of hydrogen-bond acceptors (Lipinski definition) is 4. The maximum Gasteiger partial charge on any atom is 0.119 e. The van der Waals surface area contributed by atoms with Crippen molar-refractivity contribution in [3.8, 4) is 5.75 Å². The summed E-state index contributed by atoms with van der Waals surface area (Å²) < 4.78 is 5.32. The molecule has 0 saturated carbocycles. The monoisotopic (exact) mass is 278 g/mol. The first-order chi connectivity index (χ1) is 9.62. The van der Waals surface area contributed by atoms with Gasteiger partial charge >= 0.3 is 0 Å². The van der Waals surface area contributed by atoms with Gasteiger partial charge in [0.2, 0.25) is 0 Å². The van der Waals surface area contributed by atoms with Gasteiger partial charge in [-0.25, -0.2) is 0 Å². The Morgan fingerprint density at radius 2 is 2.25 bits per heavy atom. The zero-order valence-electron chi connectivity index (χ0n) is 12.5. The summed E-state index contributed by atoms with van der Waals surface area (Å²) in [6, 6.07) is 6.58. The van der Waals surface area contributed by atoms with E-state index in [4.69, 9.17) is 15.6 Å². The number of nitrogens with two attached hydrogens (primary N) is 1. The Hall–Kier alpha value is -1.10. The van der Waals surface area contributed by atoms with E-state index in [2.05, 4.69) is 24.4 Å². The predicted octanol–water partition coefficient (Wildman–Crippen LogP) is 1.24. The Morgan fingerprint density at radius 3 is 2.90 bits per heavy atom. The lowest BCUT2D eigenvalue weighted by molar-refractivity contribution is 0.222. The molecule has 2 unspecified atom stereocenters. The molecule has 1 aliphatic carbocycles. The number of benzene rings is 1. The predicted molar refractivity (Wildman–Crippen MR) is 81.1 cm³/mol. The molecule has 4 nitrogen and oxygen atoms in total. The van der Waals surface area contributed by atoms with Gasteiger partial charge in [0, 0.05) is 24.7 Å². The average Bonchev–Trinajstić information content (AvgIpc) is 2.46. The van der Waals surface area contributed by atoms with Gasteiger partial charge in [-0.3, -0.25) is 0 Å². The van der Waals surface area contributed by atoms with Gasteiger partial charge in [-0.1, -0.05) is 6.07 Å². The number of methoxy groups -OCH3 is 1. The van der Waals surface area contributed by atoms with Crippen LogP contribution in [0.15, 0.2) is 18.2 Å². The second-order valence-corrected chi connectivity index (χ2v) is 5.85. The van der Waals surface area contributed by atoms with E-state index in [0.29, 0.717) is 6.54 Å². The number of fused-ring (bicyclic) bond motifs is 1. The van der Waals surface area contributed by atoms with Gasteiger partial charge in [0.05, 0.1) is 7.11 Å². The topological polar surface area (TPSA) is 67.5 Å². The van der Waals surface area contributed by atoms with Crippen molar-refractivity contribution in [3.63, 3.8) is 0 Å². The van der Waals surface area contributed by atoms with Crippen LogP contribution in [-0.4, -0.2) is 36.9 Å². The van der Waals surface area contributed by atoms with Gasteiger partial charge < -0.3 is 20.9 Å². The second-order valence-electron chi connectivity index (χ2n) is 5.85. The smallest absolute Gasteiger partial charge is 0.119 e. The summed E-state index contributed by atoms with van der Waals surface area (Å²) in [4.78, 5) is 0. The van der Waals surface area contributed by atoms with Crippen molar-refractivity contribution >= 4 is 0 Å². The molecule has 2 rings (SSSR count). The molecule has 1 aromatic carbocycles. The van der Waals surface area contributed by atoms with Crippen LogP contribution in [0.2, 0.25) is 0 Å². The molecule has 4 heteroatoms. The largest absolute Gasteiger partial charge is 0.497 e. The summed E-state index contributed by atoms with van der Waals surface area (Å²) in [5, 5.41) is 12.7.